The van der Waals surface area contributed by atoms with E-state index in [4.69, 9.17) is 4.98 Å². The first-order chi connectivity index (χ1) is 11.0. The monoisotopic (exact) mass is 317 g/mol. The quantitative estimate of drug-likeness (QED) is 0.907. The van der Waals surface area contributed by atoms with Crippen molar-refractivity contribution in [3.63, 3.8) is 0 Å². The summed E-state index contributed by atoms with van der Waals surface area (Å²) in [5.41, 5.74) is 1.16. The van der Waals surface area contributed by atoms with Crippen molar-refractivity contribution in [2.45, 2.75) is 25.8 Å². The third-order valence-corrected chi connectivity index (χ3v) is 4.95. The van der Waals surface area contributed by atoms with Gasteiger partial charge in [0.2, 0.25) is 5.91 Å². The summed E-state index contributed by atoms with van der Waals surface area (Å²) in [6.45, 7) is 7.12. The topological polar surface area (TPSA) is 51.7 Å². The summed E-state index contributed by atoms with van der Waals surface area (Å²) in [4.78, 5) is 23.9. The van der Waals surface area contributed by atoms with Crippen LogP contribution in [0.2, 0.25) is 0 Å². The molecule has 2 aliphatic rings. The minimum absolute atomic E-state index is 0.0230. The van der Waals surface area contributed by atoms with Gasteiger partial charge in [-0.05, 0) is 52.0 Å². The Kier molecular flexibility index (Phi) is 4.82. The van der Waals surface area contributed by atoms with Crippen LogP contribution in [0.1, 0.15) is 18.4 Å². The van der Waals surface area contributed by atoms with E-state index in [2.05, 4.69) is 40.1 Å². The Morgan fingerprint density at radius 3 is 2.57 bits per heavy atom. The van der Waals surface area contributed by atoms with Gasteiger partial charge in [-0.3, -0.25) is 9.69 Å². The molecule has 1 N–H and O–H groups in total. The van der Waals surface area contributed by atoms with Crippen molar-refractivity contribution in [1.82, 2.24) is 14.8 Å². The number of pyridine rings is 1. The molecule has 2 fully saturated rings. The average Bonchev–Trinajstić information content (AvgIpc) is 2.96. The Morgan fingerprint density at radius 1 is 1.17 bits per heavy atom. The normalized spacial score (nSPS) is 23.3. The number of likely N-dealkylation sites (tertiary alicyclic amines) is 1. The van der Waals surface area contributed by atoms with Crippen LogP contribution in [-0.4, -0.2) is 73.6 Å². The second-order valence-corrected chi connectivity index (χ2v) is 6.76. The second kappa shape index (κ2) is 6.84. The molecule has 0 unspecified atom stereocenters. The highest BCUT2D eigenvalue weighted by atomic mass is 16.2. The Labute approximate surface area is 138 Å². The van der Waals surface area contributed by atoms with Crippen molar-refractivity contribution < 1.29 is 4.79 Å². The summed E-state index contributed by atoms with van der Waals surface area (Å²) in [5.74, 6) is 1.72. The Balaban J connectivity index is 1.71. The standard InChI is InChI=1S/C17H27N5O/c1-13-6-7-15(19-17(23)14-5-4-8-21(14)3)18-16(13)22-11-9-20(2)10-12-22/h6-7,14H,4-5,8-12H2,1-3H3,(H,18,19,23)/t14-/m0/s1. The highest BCUT2D eigenvalue weighted by Gasteiger charge is 2.28. The number of hydrogen-bond donors (Lipinski definition) is 1. The Bertz CT molecular complexity index is 568. The van der Waals surface area contributed by atoms with Crippen LogP contribution < -0.4 is 10.2 Å². The van der Waals surface area contributed by atoms with Gasteiger partial charge in [0.05, 0.1) is 6.04 Å². The predicted octanol–water partition coefficient (Wildman–Crippen LogP) is 1.17. The molecule has 1 atom stereocenters. The average molecular weight is 317 g/mol. The molecule has 2 saturated heterocycles. The lowest BCUT2D eigenvalue weighted by molar-refractivity contribution is -0.119. The molecule has 0 radical (unpaired) electrons. The molecule has 0 saturated carbocycles. The molecule has 1 aromatic heterocycles. The molecule has 0 aromatic carbocycles. The lowest BCUT2D eigenvalue weighted by Gasteiger charge is -2.34. The van der Waals surface area contributed by atoms with Crippen molar-refractivity contribution in [3.05, 3.63) is 17.7 Å². The van der Waals surface area contributed by atoms with Crippen molar-refractivity contribution in [1.29, 1.82) is 0 Å². The first-order valence-corrected chi connectivity index (χ1v) is 8.47. The van der Waals surface area contributed by atoms with Crippen molar-refractivity contribution >= 4 is 17.5 Å². The molecule has 23 heavy (non-hydrogen) atoms. The summed E-state index contributed by atoms with van der Waals surface area (Å²) < 4.78 is 0. The smallest absolute Gasteiger partial charge is 0.242 e. The zero-order chi connectivity index (χ0) is 16.4. The molecule has 3 rings (SSSR count). The van der Waals surface area contributed by atoms with Gasteiger partial charge in [0.1, 0.15) is 11.6 Å². The van der Waals surface area contributed by atoms with Gasteiger partial charge >= 0.3 is 0 Å². The highest BCUT2D eigenvalue weighted by Crippen LogP contribution is 2.22. The zero-order valence-corrected chi connectivity index (χ0v) is 14.4. The third kappa shape index (κ3) is 3.64. The van der Waals surface area contributed by atoms with Crippen LogP contribution in [-0.2, 0) is 4.79 Å². The third-order valence-electron chi connectivity index (χ3n) is 4.95. The van der Waals surface area contributed by atoms with E-state index < -0.39 is 0 Å². The maximum atomic E-state index is 12.4. The Hall–Kier alpha value is -1.66. The number of hydrogen-bond acceptors (Lipinski definition) is 5. The fourth-order valence-electron chi connectivity index (χ4n) is 3.38. The van der Waals surface area contributed by atoms with Gasteiger partial charge in [0.15, 0.2) is 0 Å². The number of anilines is 2. The SMILES string of the molecule is Cc1ccc(NC(=O)[C@@H]2CCCN2C)nc1N1CCN(C)CC1. The summed E-state index contributed by atoms with van der Waals surface area (Å²) in [6, 6.07) is 3.93. The van der Waals surface area contributed by atoms with E-state index in [1.807, 2.05) is 13.1 Å². The van der Waals surface area contributed by atoms with Crippen LogP contribution in [0.3, 0.4) is 0 Å². The minimum Gasteiger partial charge on any atom is -0.354 e. The Morgan fingerprint density at radius 2 is 1.91 bits per heavy atom. The number of rotatable bonds is 3. The number of carbonyl (C=O) groups is 1. The van der Waals surface area contributed by atoms with Gasteiger partial charge in [0.25, 0.3) is 0 Å². The maximum Gasteiger partial charge on any atom is 0.242 e. The fourth-order valence-corrected chi connectivity index (χ4v) is 3.38. The molecule has 6 nitrogen and oxygen atoms in total. The largest absolute Gasteiger partial charge is 0.354 e. The molecule has 2 aliphatic heterocycles. The zero-order valence-electron chi connectivity index (χ0n) is 14.4. The van der Waals surface area contributed by atoms with Crippen LogP contribution in [0.5, 0.6) is 0 Å². The molecule has 1 amide bonds. The van der Waals surface area contributed by atoms with Crippen LogP contribution >= 0.6 is 0 Å². The van der Waals surface area contributed by atoms with Crippen LogP contribution in [0.15, 0.2) is 12.1 Å². The number of carbonyl (C=O) groups excluding carboxylic acids is 1. The first kappa shape index (κ1) is 16.2. The molecular weight excluding hydrogens is 290 g/mol. The van der Waals surface area contributed by atoms with E-state index in [-0.39, 0.29) is 11.9 Å². The molecule has 6 heteroatoms. The second-order valence-electron chi connectivity index (χ2n) is 6.76. The number of aryl methyl sites for hydroxylation is 1. The first-order valence-electron chi connectivity index (χ1n) is 8.47. The van der Waals surface area contributed by atoms with E-state index in [0.717, 1.165) is 56.9 Å². The minimum atomic E-state index is -0.0230. The van der Waals surface area contributed by atoms with Gasteiger partial charge < -0.3 is 15.1 Å². The molecule has 0 spiro atoms. The number of aromatic nitrogens is 1. The van der Waals surface area contributed by atoms with E-state index in [0.29, 0.717) is 5.82 Å². The molecule has 0 aliphatic carbocycles. The van der Waals surface area contributed by atoms with Crippen molar-refractivity contribution in [2.24, 2.45) is 0 Å². The van der Waals surface area contributed by atoms with Gasteiger partial charge in [-0.2, -0.15) is 0 Å². The van der Waals surface area contributed by atoms with E-state index in [1.165, 1.54) is 0 Å². The summed E-state index contributed by atoms with van der Waals surface area (Å²) in [6.07, 6.45) is 2.02. The molecule has 1 aromatic rings. The van der Waals surface area contributed by atoms with Gasteiger partial charge in [-0.15, -0.1) is 0 Å². The summed E-state index contributed by atoms with van der Waals surface area (Å²) >= 11 is 0. The fraction of sp³-hybridized carbons (Fsp3) is 0.647. The molecule has 0 bridgehead atoms. The lowest BCUT2D eigenvalue weighted by Crippen LogP contribution is -2.45. The number of likely N-dealkylation sites (N-methyl/N-ethyl adjacent to an activating group) is 2. The number of nitrogens with zero attached hydrogens (tertiary/aromatic N) is 4. The summed E-state index contributed by atoms with van der Waals surface area (Å²) in [7, 11) is 4.15. The molecular formula is C17H27N5O. The lowest BCUT2D eigenvalue weighted by atomic mass is 10.2. The van der Waals surface area contributed by atoms with Gasteiger partial charge in [-0.25, -0.2) is 4.98 Å². The number of piperazine rings is 1. The molecule has 3 heterocycles. The molecule has 126 valence electrons. The van der Waals surface area contributed by atoms with E-state index in [9.17, 15) is 4.79 Å². The van der Waals surface area contributed by atoms with Crippen LogP contribution in [0.25, 0.3) is 0 Å². The maximum absolute atomic E-state index is 12.4. The van der Waals surface area contributed by atoms with E-state index >= 15 is 0 Å². The van der Waals surface area contributed by atoms with Crippen molar-refractivity contribution in [3.8, 4) is 0 Å². The van der Waals surface area contributed by atoms with Crippen molar-refractivity contribution in [2.75, 3.05) is 57.0 Å². The van der Waals surface area contributed by atoms with Gasteiger partial charge in [0, 0.05) is 26.2 Å². The summed E-state index contributed by atoms with van der Waals surface area (Å²) in [5, 5.41) is 3.00. The predicted molar refractivity (Wildman–Crippen MR) is 93.0 cm³/mol. The number of amides is 1. The van der Waals surface area contributed by atoms with Gasteiger partial charge in [-0.1, -0.05) is 6.07 Å². The number of nitrogens with one attached hydrogen (secondary N) is 1. The van der Waals surface area contributed by atoms with E-state index in [1.54, 1.807) is 0 Å². The van der Waals surface area contributed by atoms with Crippen LogP contribution in [0.4, 0.5) is 11.6 Å². The highest BCUT2D eigenvalue weighted by molar-refractivity contribution is 5.94. The van der Waals surface area contributed by atoms with Crippen LogP contribution in [0, 0.1) is 6.92 Å².